The summed E-state index contributed by atoms with van der Waals surface area (Å²) >= 11 is 0. The van der Waals surface area contributed by atoms with Crippen LogP contribution in [-0.2, 0) is 11.2 Å². The molecule has 1 aliphatic rings. The maximum Gasteiger partial charge on any atom is 0.262 e. The number of hydrogen-bond donors (Lipinski definition) is 1. The van der Waals surface area contributed by atoms with E-state index in [0.717, 1.165) is 35.7 Å². The molecule has 0 aliphatic carbocycles. The molecule has 1 heterocycles. The van der Waals surface area contributed by atoms with Crippen LogP contribution in [0, 0.1) is 0 Å². The van der Waals surface area contributed by atoms with Crippen molar-refractivity contribution < 1.29 is 14.3 Å². The number of hydrogen-bond acceptors (Lipinski definition) is 3. The van der Waals surface area contributed by atoms with Gasteiger partial charge in [-0.2, -0.15) is 0 Å². The third-order valence-electron chi connectivity index (χ3n) is 6.11. The lowest BCUT2D eigenvalue weighted by Gasteiger charge is -2.23. The second kappa shape index (κ2) is 9.79. The van der Waals surface area contributed by atoms with E-state index in [1.165, 1.54) is 5.56 Å². The number of nitrogens with zero attached hydrogens (tertiary/aromatic N) is 1. The first kappa shape index (κ1) is 21.7. The van der Waals surface area contributed by atoms with Crippen LogP contribution in [0.3, 0.4) is 0 Å². The molecule has 1 N–H and O–H groups in total. The van der Waals surface area contributed by atoms with Crippen molar-refractivity contribution in [3.63, 3.8) is 0 Å². The number of aryl methyl sites for hydroxylation is 1. The van der Waals surface area contributed by atoms with E-state index in [-0.39, 0.29) is 18.4 Å². The van der Waals surface area contributed by atoms with Crippen LogP contribution in [0.1, 0.15) is 28.8 Å². The number of rotatable bonds is 5. The predicted molar refractivity (Wildman–Crippen MR) is 136 cm³/mol. The van der Waals surface area contributed by atoms with Crippen LogP contribution in [0.25, 0.3) is 10.8 Å². The van der Waals surface area contributed by atoms with E-state index in [1.54, 1.807) is 24.3 Å². The lowest BCUT2D eigenvalue weighted by molar-refractivity contribution is -0.118. The first-order chi connectivity index (χ1) is 16.7. The zero-order valence-corrected chi connectivity index (χ0v) is 18.9. The smallest absolute Gasteiger partial charge is 0.262 e. The Labute approximate surface area is 199 Å². The third-order valence-corrected chi connectivity index (χ3v) is 6.11. The Morgan fingerprint density at radius 2 is 1.59 bits per heavy atom. The van der Waals surface area contributed by atoms with E-state index < -0.39 is 0 Å². The van der Waals surface area contributed by atoms with Crippen molar-refractivity contribution in [2.24, 2.45) is 0 Å². The number of para-hydroxylation sites is 1. The van der Waals surface area contributed by atoms with Gasteiger partial charge in [-0.15, -0.1) is 0 Å². The van der Waals surface area contributed by atoms with Gasteiger partial charge < -0.3 is 15.0 Å². The molecule has 0 atom stereocenters. The van der Waals surface area contributed by atoms with Crippen LogP contribution in [0.15, 0.2) is 91.0 Å². The van der Waals surface area contributed by atoms with Gasteiger partial charge in [0.25, 0.3) is 11.8 Å². The molecule has 0 bridgehead atoms. The van der Waals surface area contributed by atoms with Crippen LogP contribution >= 0.6 is 0 Å². The Morgan fingerprint density at radius 1 is 0.824 bits per heavy atom. The zero-order chi connectivity index (χ0) is 23.3. The summed E-state index contributed by atoms with van der Waals surface area (Å²) in [5, 5.41) is 5.02. The van der Waals surface area contributed by atoms with Gasteiger partial charge in [-0.05, 0) is 78.1 Å². The number of benzene rings is 4. The molecule has 1 aliphatic heterocycles. The van der Waals surface area contributed by atoms with Gasteiger partial charge in [0, 0.05) is 23.5 Å². The highest BCUT2D eigenvalue weighted by atomic mass is 16.5. The Hall–Kier alpha value is -4.12. The van der Waals surface area contributed by atoms with Crippen molar-refractivity contribution in [2.75, 3.05) is 23.4 Å². The summed E-state index contributed by atoms with van der Waals surface area (Å²) in [5.74, 6) is 0.369. The molecular weight excluding hydrogens is 424 g/mol. The van der Waals surface area contributed by atoms with E-state index in [0.29, 0.717) is 23.5 Å². The summed E-state index contributed by atoms with van der Waals surface area (Å²) in [6, 6.07) is 28.9. The van der Waals surface area contributed by atoms with Gasteiger partial charge in [-0.3, -0.25) is 9.59 Å². The lowest BCUT2D eigenvalue weighted by Crippen LogP contribution is -2.31. The summed E-state index contributed by atoms with van der Waals surface area (Å²) in [6.07, 6.45) is 3.05. The van der Waals surface area contributed by atoms with Gasteiger partial charge in [0.05, 0.1) is 0 Å². The van der Waals surface area contributed by atoms with Crippen molar-refractivity contribution in [3.05, 3.63) is 102 Å². The van der Waals surface area contributed by atoms with E-state index >= 15 is 0 Å². The summed E-state index contributed by atoms with van der Waals surface area (Å²) < 4.78 is 5.66. The molecule has 4 aromatic carbocycles. The zero-order valence-electron chi connectivity index (χ0n) is 18.9. The molecule has 4 aromatic rings. The molecule has 0 aromatic heterocycles. The second-order valence-corrected chi connectivity index (χ2v) is 8.47. The summed E-state index contributed by atoms with van der Waals surface area (Å²) in [4.78, 5) is 27.5. The largest absolute Gasteiger partial charge is 0.484 e. The van der Waals surface area contributed by atoms with Gasteiger partial charge in [0.15, 0.2) is 6.61 Å². The first-order valence-corrected chi connectivity index (χ1v) is 11.6. The van der Waals surface area contributed by atoms with Crippen LogP contribution in [0.2, 0.25) is 0 Å². The first-order valence-electron chi connectivity index (χ1n) is 11.6. The standard InChI is InChI=1S/C29H26N2O3/c32-28(20-34-26-17-14-21-7-1-2-10-24(21)19-26)30-25-15-12-23(13-16-25)29(33)31-18-6-5-9-22-8-3-4-11-27(22)31/h1-4,7-8,10-17,19H,5-6,9,18,20H2,(H,30,32). The molecule has 5 rings (SSSR count). The topological polar surface area (TPSA) is 58.6 Å². The fourth-order valence-corrected chi connectivity index (χ4v) is 4.36. The Morgan fingerprint density at radius 3 is 2.44 bits per heavy atom. The van der Waals surface area contributed by atoms with Crippen LogP contribution in [0.4, 0.5) is 11.4 Å². The van der Waals surface area contributed by atoms with E-state index in [9.17, 15) is 9.59 Å². The van der Waals surface area contributed by atoms with Crippen molar-refractivity contribution in [1.29, 1.82) is 0 Å². The SMILES string of the molecule is O=C(COc1ccc2ccccc2c1)Nc1ccc(C(=O)N2CCCCc3ccccc32)cc1. The van der Waals surface area contributed by atoms with Gasteiger partial charge >= 0.3 is 0 Å². The minimum absolute atomic E-state index is 0.0214. The molecule has 170 valence electrons. The monoisotopic (exact) mass is 450 g/mol. The van der Waals surface area contributed by atoms with Gasteiger partial charge in [0.1, 0.15) is 5.75 Å². The maximum atomic E-state index is 13.2. The quantitative estimate of drug-likeness (QED) is 0.416. The molecule has 5 nitrogen and oxygen atoms in total. The van der Waals surface area contributed by atoms with Crippen molar-refractivity contribution in [2.45, 2.75) is 19.3 Å². The second-order valence-electron chi connectivity index (χ2n) is 8.47. The normalized spacial score (nSPS) is 13.1. The highest BCUT2D eigenvalue weighted by Crippen LogP contribution is 2.28. The molecule has 0 fully saturated rings. The Kier molecular flexibility index (Phi) is 6.25. The van der Waals surface area contributed by atoms with Gasteiger partial charge in [0.2, 0.25) is 0 Å². The van der Waals surface area contributed by atoms with Crippen molar-refractivity contribution in [3.8, 4) is 5.75 Å². The number of carbonyl (C=O) groups excluding carboxylic acids is 2. The molecule has 2 amide bonds. The summed E-state index contributed by atoms with van der Waals surface area (Å²) in [6.45, 7) is 0.615. The minimum atomic E-state index is -0.256. The molecule has 34 heavy (non-hydrogen) atoms. The molecule has 5 heteroatoms. The number of nitrogens with one attached hydrogen (secondary N) is 1. The molecular formula is C29H26N2O3. The van der Waals surface area contributed by atoms with Crippen LogP contribution in [0.5, 0.6) is 5.75 Å². The highest BCUT2D eigenvalue weighted by molar-refractivity contribution is 6.07. The van der Waals surface area contributed by atoms with Crippen molar-refractivity contribution >= 4 is 34.0 Å². The maximum absolute atomic E-state index is 13.2. The molecule has 0 saturated heterocycles. The Bertz CT molecular complexity index is 1330. The minimum Gasteiger partial charge on any atom is -0.484 e. The van der Waals surface area contributed by atoms with Crippen LogP contribution < -0.4 is 15.0 Å². The molecule has 0 saturated carbocycles. The van der Waals surface area contributed by atoms with Crippen molar-refractivity contribution in [1.82, 2.24) is 0 Å². The lowest BCUT2D eigenvalue weighted by atomic mass is 10.1. The number of carbonyl (C=O) groups is 2. The van der Waals surface area contributed by atoms with Gasteiger partial charge in [-0.25, -0.2) is 0 Å². The number of anilines is 2. The molecule has 0 spiro atoms. The fourth-order valence-electron chi connectivity index (χ4n) is 4.36. The highest BCUT2D eigenvalue weighted by Gasteiger charge is 2.22. The van der Waals surface area contributed by atoms with Crippen LogP contribution in [-0.4, -0.2) is 25.0 Å². The predicted octanol–water partition coefficient (Wildman–Crippen LogP) is 5.84. The van der Waals surface area contributed by atoms with E-state index in [4.69, 9.17) is 4.74 Å². The number of fused-ring (bicyclic) bond motifs is 2. The summed E-state index contributed by atoms with van der Waals surface area (Å²) in [7, 11) is 0. The average molecular weight is 451 g/mol. The third kappa shape index (κ3) is 4.79. The summed E-state index contributed by atoms with van der Waals surface area (Å²) in [5.41, 5.74) is 3.43. The fraction of sp³-hybridized carbons (Fsp3) is 0.172. The molecule has 0 radical (unpaired) electrons. The van der Waals surface area contributed by atoms with E-state index in [2.05, 4.69) is 11.4 Å². The number of amides is 2. The van der Waals surface area contributed by atoms with E-state index in [1.807, 2.05) is 65.6 Å². The van der Waals surface area contributed by atoms with Gasteiger partial charge in [-0.1, -0.05) is 48.5 Å². The molecule has 0 unspecified atom stereocenters. The number of ether oxygens (including phenoxy) is 1. The average Bonchev–Trinajstić information content (AvgIpc) is 3.10. The Balaban J connectivity index is 1.21.